The number of hydrogen-bond acceptors (Lipinski definition) is 3. The first kappa shape index (κ1) is 13.7. The van der Waals surface area contributed by atoms with Gasteiger partial charge in [0, 0.05) is 24.2 Å². The van der Waals surface area contributed by atoms with E-state index in [4.69, 9.17) is 0 Å². The molecule has 0 aliphatic carbocycles. The molecule has 3 aromatic rings. The number of aryl methyl sites for hydroxylation is 2. The van der Waals surface area contributed by atoms with Gasteiger partial charge in [-0.2, -0.15) is 5.10 Å². The highest BCUT2D eigenvalue weighted by molar-refractivity contribution is 7.20. The van der Waals surface area contributed by atoms with Gasteiger partial charge in [0.1, 0.15) is 16.5 Å². The number of carbonyl (C=O) groups excluding carboxylic acids is 1. The highest BCUT2D eigenvalue weighted by Crippen LogP contribution is 2.28. The molecular formula is C14H11F2N3OS. The van der Waals surface area contributed by atoms with Crippen molar-refractivity contribution in [1.82, 2.24) is 9.78 Å². The number of nitrogens with one attached hydrogen (secondary N) is 1. The van der Waals surface area contributed by atoms with Crippen LogP contribution in [-0.4, -0.2) is 15.7 Å². The second kappa shape index (κ2) is 4.92. The van der Waals surface area contributed by atoms with Crippen LogP contribution in [0.5, 0.6) is 0 Å². The summed E-state index contributed by atoms with van der Waals surface area (Å²) >= 11 is 1.28. The zero-order valence-electron chi connectivity index (χ0n) is 11.3. The number of fused-ring (bicyclic) bond motifs is 1. The Morgan fingerprint density at radius 3 is 2.52 bits per heavy atom. The van der Waals surface area contributed by atoms with Crippen molar-refractivity contribution < 1.29 is 13.6 Å². The summed E-state index contributed by atoms with van der Waals surface area (Å²) in [7, 11) is 1.80. The van der Waals surface area contributed by atoms with Gasteiger partial charge in [-0.05, 0) is 25.1 Å². The molecule has 2 heterocycles. The second-order valence-electron chi connectivity index (χ2n) is 4.65. The van der Waals surface area contributed by atoms with Crippen LogP contribution >= 0.6 is 11.3 Å². The van der Waals surface area contributed by atoms with E-state index in [1.54, 1.807) is 17.8 Å². The molecule has 108 valence electrons. The summed E-state index contributed by atoms with van der Waals surface area (Å²) in [5, 5.41) is 7.65. The van der Waals surface area contributed by atoms with Crippen LogP contribution in [0.2, 0.25) is 0 Å². The van der Waals surface area contributed by atoms with Crippen LogP contribution in [0.3, 0.4) is 0 Å². The molecule has 0 atom stereocenters. The first-order chi connectivity index (χ1) is 9.94. The van der Waals surface area contributed by atoms with Crippen molar-refractivity contribution in [3.8, 4) is 0 Å². The molecule has 1 amide bonds. The van der Waals surface area contributed by atoms with E-state index in [0.717, 1.165) is 34.1 Å². The lowest BCUT2D eigenvalue weighted by molar-refractivity contribution is 0.103. The molecule has 0 fully saturated rings. The normalized spacial score (nSPS) is 11.0. The molecule has 1 N–H and O–H groups in total. The average Bonchev–Trinajstić information content (AvgIpc) is 2.91. The predicted octanol–water partition coefficient (Wildman–Crippen LogP) is 3.47. The van der Waals surface area contributed by atoms with E-state index < -0.39 is 17.5 Å². The van der Waals surface area contributed by atoms with E-state index in [1.165, 1.54) is 11.3 Å². The van der Waals surface area contributed by atoms with Gasteiger partial charge in [0.15, 0.2) is 0 Å². The third-order valence-electron chi connectivity index (χ3n) is 3.04. The minimum absolute atomic E-state index is 0.0878. The molecule has 0 saturated carbocycles. The number of hydrogen-bond donors (Lipinski definition) is 1. The monoisotopic (exact) mass is 307 g/mol. The molecule has 0 unspecified atom stereocenters. The maximum absolute atomic E-state index is 13.1. The number of anilines is 1. The lowest BCUT2D eigenvalue weighted by atomic mass is 10.2. The molecule has 1 aromatic carbocycles. The van der Waals surface area contributed by atoms with Crippen LogP contribution in [0, 0.1) is 18.6 Å². The number of amides is 1. The Labute approximate surface area is 123 Å². The molecule has 0 aliphatic rings. The number of rotatable bonds is 2. The van der Waals surface area contributed by atoms with E-state index in [9.17, 15) is 13.6 Å². The van der Waals surface area contributed by atoms with Crippen LogP contribution in [0.25, 0.3) is 10.2 Å². The molecule has 0 bridgehead atoms. The predicted molar refractivity (Wildman–Crippen MR) is 77.6 cm³/mol. The van der Waals surface area contributed by atoms with Gasteiger partial charge in [-0.15, -0.1) is 11.3 Å². The van der Waals surface area contributed by atoms with Crippen LogP contribution in [0.4, 0.5) is 14.5 Å². The first-order valence-corrected chi connectivity index (χ1v) is 6.96. The highest BCUT2D eigenvalue weighted by atomic mass is 32.1. The van der Waals surface area contributed by atoms with Gasteiger partial charge < -0.3 is 5.32 Å². The summed E-state index contributed by atoms with van der Waals surface area (Å²) in [5.41, 5.74) is 0.921. The fraction of sp³-hybridized carbons (Fsp3) is 0.143. The molecule has 21 heavy (non-hydrogen) atoms. The Balaban J connectivity index is 1.91. The van der Waals surface area contributed by atoms with E-state index in [-0.39, 0.29) is 5.69 Å². The minimum Gasteiger partial charge on any atom is -0.321 e. The van der Waals surface area contributed by atoms with Crippen LogP contribution in [0.1, 0.15) is 15.4 Å². The van der Waals surface area contributed by atoms with Crippen molar-refractivity contribution in [2.75, 3.05) is 5.32 Å². The molecule has 2 aromatic heterocycles. The highest BCUT2D eigenvalue weighted by Gasteiger charge is 2.15. The van der Waals surface area contributed by atoms with E-state index in [1.807, 2.05) is 6.92 Å². The lowest BCUT2D eigenvalue weighted by Gasteiger charge is -2.03. The standard InChI is InChI=1S/C14H11F2N3OS/c1-7-11-6-12(21-14(11)19(2)18-7)13(20)17-10-4-8(15)3-9(16)5-10/h3-6H,1-2H3,(H,17,20). The third-order valence-corrected chi connectivity index (χ3v) is 4.24. The van der Waals surface area contributed by atoms with Gasteiger partial charge in [0.25, 0.3) is 5.91 Å². The quantitative estimate of drug-likeness (QED) is 0.788. The maximum atomic E-state index is 13.1. The molecule has 4 nitrogen and oxygen atoms in total. The SMILES string of the molecule is Cc1nn(C)c2sc(C(=O)Nc3cc(F)cc(F)c3)cc12. The molecular weight excluding hydrogens is 296 g/mol. The summed E-state index contributed by atoms with van der Waals surface area (Å²) in [5.74, 6) is -1.87. The Bertz CT molecular complexity index is 799. The maximum Gasteiger partial charge on any atom is 0.265 e. The topological polar surface area (TPSA) is 46.9 Å². The fourth-order valence-corrected chi connectivity index (χ4v) is 3.15. The smallest absolute Gasteiger partial charge is 0.265 e. The van der Waals surface area contributed by atoms with Gasteiger partial charge in [0.2, 0.25) is 0 Å². The lowest BCUT2D eigenvalue weighted by Crippen LogP contribution is -2.10. The van der Waals surface area contributed by atoms with Gasteiger partial charge in [-0.25, -0.2) is 8.78 Å². The number of thiophene rings is 1. The fourth-order valence-electron chi connectivity index (χ4n) is 2.14. The van der Waals surface area contributed by atoms with Crippen molar-refractivity contribution in [3.63, 3.8) is 0 Å². The van der Waals surface area contributed by atoms with E-state index in [0.29, 0.717) is 4.88 Å². The van der Waals surface area contributed by atoms with Gasteiger partial charge >= 0.3 is 0 Å². The summed E-state index contributed by atoms with van der Waals surface area (Å²) < 4.78 is 27.9. The molecule has 0 spiro atoms. The number of carbonyl (C=O) groups is 1. The van der Waals surface area contributed by atoms with Crippen LogP contribution in [-0.2, 0) is 7.05 Å². The molecule has 0 radical (unpaired) electrons. The van der Waals surface area contributed by atoms with Crippen molar-refractivity contribution in [2.24, 2.45) is 7.05 Å². The number of benzene rings is 1. The molecule has 0 saturated heterocycles. The Morgan fingerprint density at radius 1 is 1.24 bits per heavy atom. The average molecular weight is 307 g/mol. The Morgan fingerprint density at radius 2 is 1.90 bits per heavy atom. The second-order valence-corrected chi connectivity index (χ2v) is 5.68. The third kappa shape index (κ3) is 2.52. The summed E-state index contributed by atoms with van der Waals surface area (Å²) in [4.78, 5) is 13.5. The van der Waals surface area contributed by atoms with E-state index in [2.05, 4.69) is 10.4 Å². The molecule has 3 rings (SSSR count). The summed E-state index contributed by atoms with van der Waals surface area (Å²) in [6.07, 6.45) is 0. The van der Waals surface area contributed by atoms with E-state index >= 15 is 0 Å². The Kier molecular flexibility index (Phi) is 3.21. The zero-order chi connectivity index (χ0) is 15.1. The van der Waals surface area contributed by atoms with Crippen LogP contribution in [0.15, 0.2) is 24.3 Å². The van der Waals surface area contributed by atoms with Crippen molar-refractivity contribution in [1.29, 1.82) is 0 Å². The van der Waals surface area contributed by atoms with Gasteiger partial charge in [-0.3, -0.25) is 9.48 Å². The Hall–Kier alpha value is -2.28. The minimum atomic E-state index is -0.735. The van der Waals surface area contributed by atoms with Crippen molar-refractivity contribution in [3.05, 3.63) is 46.5 Å². The van der Waals surface area contributed by atoms with Gasteiger partial charge in [0.05, 0.1) is 10.6 Å². The zero-order valence-corrected chi connectivity index (χ0v) is 12.1. The molecule has 0 aliphatic heterocycles. The molecule has 7 heteroatoms. The van der Waals surface area contributed by atoms with Gasteiger partial charge in [-0.1, -0.05) is 0 Å². The van der Waals surface area contributed by atoms with Crippen LogP contribution < -0.4 is 5.32 Å². The largest absolute Gasteiger partial charge is 0.321 e. The van der Waals surface area contributed by atoms with Crippen molar-refractivity contribution in [2.45, 2.75) is 6.92 Å². The van der Waals surface area contributed by atoms with Crippen molar-refractivity contribution >= 4 is 33.1 Å². The summed E-state index contributed by atoms with van der Waals surface area (Å²) in [6.45, 7) is 1.86. The first-order valence-electron chi connectivity index (χ1n) is 6.14. The number of nitrogens with zero attached hydrogens (tertiary/aromatic N) is 2. The number of halogens is 2. The summed E-state index contributed by atoms with van der Waals surface area (Å²) in [6, 6.07) is 4.62. The number of aromatic nitrogens is 2.